The quantitative estimate of drug-likeness (QED) is 0.314. The van der Waals surface area contributed by atoms with E-state index < -0.39 is 0 Å². The summed E-state index contributed by atoms with van der Waals surface area (Å²) < 4.78 is 0. The van der Waals surface area contributed by atoms with Gasteiger partial charge in [0.25, 0.3) is 5.56 Å². The molecule has 3 aromatic carbocycles. The summed E-state index contributed by atoms with van der Waals surface area (Å²) in [4.78, 5) is 32.1. The van der Waals surface area contributed by atoms with Crippen LogP contribution in [0.25, 0.3) is 22.0 Å². The molecule has 0 aliphatic carbocycles. The van der Waals surface area contributed by atoms with Crippen LogP contribution in [0.2, 0.25) is 0 Å². The summed E-state index contributed by atoms with van der Waals surface area (Å²) in [6.45, 7) is 10.0. The van der Waals surface area contributed by atoms with Gasteiger partial charge in [0.1, 0.15) is 0 Å². The summed E-state index contributed by atoms with van der Waals surface area (Å²) in [6.07, 6.45) is 0.806. The van der Waals surface area contributed by atoms with E-state index in [0.29, 0.717) is 24.1 Å². The van der Waals surface area contributed by atoms with Crippen molar-refractivity contribution in [2.75, 3.05) is 18.0 Å². The standard InChI is InChI=1S/C32H34N4O2/c1-5-29(37)36-28(22-14-16-24(17-15-22)35(6-2)7-3)20-27(34-36)31-30(23-11-9-8-10-12-23)25-19-21(4)13-18-26(25)33-32(31)38/h8-19,28H,5-7,20H2,1-4H3,(H,33,38)/t28-/m1/s1. The number of aromatic nitrogens is 1. The van der Waals surface area contributed by atoms with Gasteiger partial charge in [0.05, 0.1) is 17.3 Å². The Hall–Kier alpha value is -4.19. The molecule has 6 nitrogen and oxygen atoms in total. The third kappa shape index (κ3) is 4.62. The minimum absolute atomic E-state index is 0.0628. The second-order valence-corrected chi connectivity index (χ2v) is 9.74. The van der Waals surface area contributed by atoms with Crippen LogP contribution in [0.4, 0.5) is 5.69 Å². The van der Waals surface area contributed by atoms with Crippen molar-refractivity contribution in [2.24, 2.45) is 5.10 Å². The predicted molar refractivity (Wildman–Crippen MR) is 156 cm³/mol. The zero-order valence-electron chi connectivity index (χ0n) is 22.5. The molecular weight excluding hydrogens is 472 g/mol. The van der Waals surface area contributed by atoms with Crippen LogP contribution in [0.1, 0.15) is 56.3 Å². The first kappa shape index (κ1) is 25.5. The molecule has 4 aromatic rings. The Balaban J connectivity index is 1.65. The molecule has 0 saturated heterocycles. The smallest absolute Gasteiger partial charge is 0.258 e. The Morgan fingerprint density at radius 2 is 1.68 bits per heavy atom. The zero-order chi connectivity index (χ0) is 26.8. The number of pyridine rings is 1. The van der Waals surface area contributed by atoms with Crippen LogP contribution in [0, 0.1) is 6.92 Å². The monoisotopic (exact) mass is 506 g/mol. The minimum Gasteiger partial charge on any atom is -0.372 e. The number of amides is 1. The first-order valence-corrected chi connectivity index (χ1v) is 13.4. The first-order chi connectivity index (χ1) is 18.4. The number of hydrogen-bond acceptors (Lipinski definition) is 4. The van der Waals surface area contributed by atoms with Gasteiger partial charge in [-0.05, 0) is 56.2 Å². The van der Waals surface area contributed by atoms with E-state index in [1.54, 1.807) is 5.01 Å². The second kappa shape index (κ2) is 10.7. The molecule has 0 unspecified atom stereocenters. The lowest BCUT2D eigenvalue weighted by Gasteiger charge is -2.24. The molecule has 1 aromatic heterocycles. The Morgan fingerprint density at radius 3 is 2.34 bits per heavy atom. The van der Waals surface area contributed by atoms with Gasteiger partial charge in [0.2, 0.25) is 5.91 Å². The molecule has 0 spiro atoms. The number of H-pyrrole nitrogens is 1. The highest BCUT2D eigenvalue weighted by molar-refractivity contribution is 6.13. The molecule has 194 valence electrons. The number of hydrogen-bond donors (Lipinski definition) is 1. The number of rotatable bonds is 7. The number of anilines is 1. The van der Waals surface area contributed by atoms with Crippen LogP contribution in [-0.2, 0) is 4.79 Å². The van der Waals surface area contributed by atoms with Crippen LogP contribution in [-0.4, -0.2) is 34.7 Å². The highest BCUT2D eigenvalue weighted by Gasteiger charge is 2.34. The predicted octanol–water partition coefficient (Wildman–Crippen LogP) is 6.44. The molecule has 0 radical (unpaired) electrons. The maximum absolute atomic E-state index is 13.6. The number of hydrazone groups is 1. The molecule has 0 bridgehead atoms. The average Bonchev–Trinajstić information content (AvgIpc) is 3.38. The van der Waals surface area contributed by atoms with Crippen molar-refractivity contribution in [1.29, 1.82) is 0 Å². The minimum atomic E-state index is -0.264. The van der Waals surface area contributed by atoms with Gasteiger partial charge in [0, 0.05) is 48.1 Å². The maximum atomic E-state index is 13.6. The maximum Gasteiger partial charge on any atom is 0.258 e. The normalized spacial score (nSPS) is 15.1. The van der Waals surface area contributed by atoms with Gasteiger partial charge in [-0.2, -0.15) is 5.10 Å². The fraction of sp³-hybridized carbons (Fsp3) is 0.281. The van der Waals surface area contributed by atoms with E-state index in [9.17, 15) is 9.59 Å². The van der Waals surface area contributed by atoms with Crippen molar-refractivity contribution in [2.45, 2.75) is 46.6 Å². The molecule has 1 aliphatic heterocycles. The third-order valence-corrected chi connectivity index (χ3v) is 7.40. The summed E-state index contributed by atoms with van der Waals surface area (Å²) in [7, 11) is 0. The van der Waals surface area contributed by atoms with E-state index in [0.717, 1.165) is 51.9 Å². The molecule has 0 saturated carbocycles. The summed E-state index contributed by atoms with van der Waals surface area (Å²) in [5.41, 5.74) is 6.83. The molecule has 1 atom stereocenters. The van der Waals surface area contributed by atoms with Gasteiger partial charge in [0.15, 0.2) is 0 Å². The number of carbonyl (C=O) groups excluding carboxylic acids is 1. The molecule has 1 aliphatic rings. The number of aromatic amines is 1. The van der Waals surface area contributed by atoms with Gasteiger partial charge in [-0.1, -0.05) is 61.0 Å². The molecule has 2 heterocycles. The molecule has 6 heteroatoms. The summed E-state index contributed by atoms with van der Waals surface area (Å²) in [5.74, 6) is -0.0628. The second-order valence-electron chi connectivity index (χ2n) is 9.74. The van der Waals surface area contributed by atoms with Crippen molar-refractivity contribution >= 4 is 28.2 Å². The van der Waals surface area contributed by atoms with Crippen molar-refractivity contribution in [1.82, 2.24) is 9.99 Å². The molecule has 38 heavy (non-hydrogen) atoms. The van der Waals surface area contributed by atoms with Crippen molar-refractivity contribution in [3.05, 3.63) is 99.8 Å². The van der Waals surface area contributed by atoms with Gasteiger partial charge in [-0.3, -0.25) is 9.59 Å². The molecule has 5 rings (SSSR count). The van der Waals surface area contributed by atoms with Gasteiger partial charge in [-0.15, -0.1) is 0 Å². The van der Waals surface area contributed by atoms with Crippen LogP contribution in [0.15, 0.2) is 82.7 Å². The average molecular weight is 507 g/mol. The van der Waals surface area contributed by atoms with Gasteiger partial charge in [-0.25, -0.2) is 5.01 Å². The number of benzene rings is 3. The highest BCUT2D eigenvalue weighted by Crippen LogP contribution is 2.37. The first-order valence-electron chi connectivity index (χ1n) is 13.4. The topological polar surface area (TPSA) is 68.8 Å². The van der Waals surface area contributed by atoms with E-state index in [1.807, 2.05) is 56.3 Å². The SMILES string of the molecule is CCC(=O)N1N=C(c2c(-c3ccccc3)c3cc(C)ccc3[nH]c2=O)C[C@@H]1c1ccc(N(CC)CC)cc1. The van der Waals surface area contributed by atoms with E-state index in [1.165, 1.54) is 0 Å². The number of fused-ring (bicyclic) bond motifs is 1. The largest absolute Gasteiger partial charge is 0.372 e. The summed E-state index contributed by atoms with van der Waals surface area (Å²) in [6, 6.07) is 24.1. The fourth-order valence-electron chi connectivity index (χ4n) is 5.40. The Labute approximate surface area is 223 Å². The highest BCUT2D eigenvalue weighted by atomic mass is 16.2. The van der Waals surface area contributed by atoms with Crippen LogP contribution < -0.4 is 10.5 Å². The Kier molecular flexibility index (Phi) is 7.14. The number of carbonyl (C=O) groups is 1. The molecule has 1 N–H and O–H groups in total. The lowest BCUT2D eigenvalue weighted by molar-refractivity contribution is -0.132. The van der Waals surface area contributed by atoms with E-state index in [-0.39, 0.29) is 17.5 Å². The summed E-state index contributed by atoms with van der Waals surface area (Å²) in [5, 5.41) is 7.37. The fourth-order valence-corrected chi connectivity index (χ4v) is 5.40. The number of nitrogens with one attached hydrogen (secondary N) is 1. The Morgan fingerprint density at radius 1 is 0.974 bits per heavy atom. The van der Waals surface area contributed by atoms with Crippen LogP contribution in [0.5, 0.6) is 0 Å². The number of aryl methyl sites for hydroxylation is 1. The number of nitrogens with zero attached hydrogens (tertiary/aromatic N) is 3. The Bertz CT molecular complexity index is 1550. The van der Waals surface area contributed by atoms with E-state index in [2.05, 4.69) is 54.1 Å². The molecule has 1 amide bonds. The van der Waals surface area contributed by atoms with Gasteiger partial charge >= 0.3 is 0 Å². The van der Waals surface area contributed by atoms with Crippen LogP contribution in [0.3, 0.4) is 0 Å². The third-order valence-electron chi connectivity index (χ3n) is 7.40. The van der Waals surface area contributed by atoms with Crippen LogP contribution >= 0.6 is 0 Å². The lowest BCUT2D eigenvalue weighted by Crippen LogP contribution is -2.26. The summed E-state index contributed by atoms with van der Waals surface area (Å²) >= 11 is 0. The lowest BCUT2D eigenvalue weighted by atomic mass is 9.90. The van der Waals surface area contributed by atoms with Crippen molar-refractivity contribution < 1.29 is 4.79 Å². The molecule has 0 fully saturated rings. The van der Waals surface area contributed by atoms with E-state index in [4.69, 9.17) is 5.10 Å². The van der Waals surface area contributed by atoms with Crippen molar-refractivity contribution in [3.63, 3.8) is 0 Å². The van der Waals surface area contributed by atoms with E-state index >= 15 is 0 Å². The molecular formula is C32H34N4O2. The van der Waals surface area contributed by atoms with Crippen molar-refractivity contribution in [3.8, 4) is 11.1 Å². The van der Waals surface area contributed by atoms with Gasteiger partial charge < -0.3 is 9.88 Å². The zero-order valence-corrected chi connectivity index (χ0v) is 22.5.